The van der Waals surface area contributed by atoms with E-state index in [0.29, 0.717) is 11.4 Å². The maximum atomic E-state index is 12.5. The first-order valence-corrected chi connectivity index (χ1v) is 9.32. The van der Waals surface area contributed by atoms with E-state index in [2.05, 4.69) is 25.8 Å². The lowest BCUT2D eigenvalue weighted by atomic mass is 10.1. The summed E-state index contributed by atoms with van der Waals surface area (Å²) in [6.07, 6.45) is 1.43. The molecule has 0 fully saturated rings. The van der Waals surface area contributed by atoms with Crippen LogP contribution in [0.25, 0.3) is 22.2 Å². The molecule has 0 aliphatic heterocycles. The number of nitrogens with zero attached hydrogens (tertiary/aromatic N) is 2. The van der Waals surface area contributed by atoms with Gasteiger partial charge in [-0.1, -0.05) is 48.5 Å². The van der Waals surface area contributed by atoms with E-state index in [1.165, 1.54) is 6.20 Å². The van der Waals surface area contributed by atoms with Gasteiger partial charge < -0.3 is 15.7 Å². The number of aliphatic hydroxyl groups excluding tert-OH is 1. The van der Waals surface area contributed by atoms with Gasteiger partial charge in [-0.25, -0.2) is 0 Å². The molecule has 0 spiro atoms. The van der Waals surface area contributed by atoms with E-state index in [0.717, 1.165) is 22.2 Å². The number of aliphatic hydroxyl groups is 1. The van der Waals surface area contributed by atoms with E-state index in [9.17, 15) is 14.7 Å². The van der Waals surface area contributed by atoms with Gasteiger partial charge in [0.15, 0.2) is 5.82 Å². The molecule has 2 aromatic heterocycles. The third-order valence-electron chi connectivity index (χ3n) is 4.57. The lowest BCUT2D eigenvalue weighted by Gasteiger charge is -2.15. The van der Waals surface area contributed by atoms with Crippen LogP contribution in [0.1, 0.15) is 10.4 Å². The SMILES string of the molecule is O=C(NC(CO)C(=O)Nc1cc(-c2ccccc2)[nH]n1)c1cnc2ccccc2c1. The minimum Gasteiger partial charge on any atom is -0.394 e. The maximum Gasteiger partial charge on any atom is 0.253 e. The van der Waals surface area contributed by atoms with E-state index >= 15 is 0 Å². The van der Waals surface area contributed by atoms with Gasteiger partial charge >= 0.3 is 0 Å². The monoisotopic (exact) mass is 401 g/mol. The Morgan fingerprint density at radius 2 is 1.80 bits per heavy atom. The molecule has 1 unspecified atom stereocenters. The van der Waals surface area contributed by atoms with Crippen molar-refractivity contribution in [2.24, 2.45) is 0 Å². The van der Waals surface area contributed by atoms with Crippen molar-refractivity contribution >= 4 is 28.5 Å². The van der Waals surface area contributed by atoms with E-state index in [1.54, 1.807) is 12.1 Å². The van der Waals surface area contributed by atoms with Crippen LogP contribution >= 0.6 is 0 Å². The molecular formula is C22H19N5O3. The molecule has 0 saturated carbocycles. The fraction of sp³-hybridized carbons (Fsp3) is 0.0909. The number of hydrogen-bond donors (Lipinski definition) is 4. The van der Waals surface area contributed by atoms with Gasteiger partial charge in [-0.15, -0.1) is 0 Å². The Balaban J connectivity index is 1.43. The lowest BCUT2D eigenvalue weighted by Crippen LogP contribution is -2.46. The van der Waals surface area contributed by atoms with E-state index in [-0.39, 0.29) is 0 Å². The highest BCUT2D eigenvalue weighted by molar-refractivity contribution is 6.02. The molecule has 0 radical (unpaired) electrons. The molecule has 4 rings (SSSR count). The Kier molecular flexibility index (Phi) is 5.49. The van der Waals surface area contributed by atoms with Gasteiger partial charge in [-0.3, -0.25) is 19.7 Å². The summed E-state index contributed by atoms with van der Waals surface area (Å²) < 4.78 is 0. The Labute approximate surface area is 172 Å². The number of amides is 2. The van der Waals surface area contributed by atoms with Gasteiger partial charge in [0.1, 0.15) is 6.04 Å². The van der Waals surface area contributed by atoms with Gasteiger partial charge in [0.05, 0.1) is 23.4 Å². The number of aromatic nitrogens is 3. The van der Waals surface area contributed by atoms with E-state index in [1.807, 2.05) is 54.6 Å². The lowest BCUT2D eigenvalue weighted by molar-refractivity contribution is -0.118. The van der Waals surface area contributed by atoms with Crippen molar-refractivity contribution in [1.29, 1.82) is 0 Å². The molecule has 2 aromatic carbocycles. The summed E-state index contributed by atoms with van der Waals surface area (Å²) in [5.74, 6) is -0.793. The van der Waals surface area contributed by atoms with Crippen LogP contribution in [0.3, 0.4) is 0 Å². The number of pyridine rings is 1. The fourth-order valence-electron chi connectivity index (χ4n) is 3.00. The molecule has 0 saturated heterocycles. The summed E-state index contributed by atoms with van der Waals surface area (Å²) in [6, 6.07) is 19.1. The molecule has 30 heavy (non-hydrogen) atoms. The highest BCUT2D eigenvalue weighted by atomic mass is 16.3. The first-order chi connectivity index (χ1) is 14.6. The van der Waals surface area contributed by atoms with Crippen LogP contribution < -0.4 is 10.6 Å². The number of carbonyl (C=O) groups is 2. The van der Waals surface area contributed by atoms with Crippen LogP contribution in [-0.2, 0) is 4.79 Å². The smallest absolute Gasteiger partial charge is 0.253 e. The summed E-state index contributed by atoms with van der Waals surface area (Å²) in [5.41, 5.74) is 2.71. The number of benzene rings is 2. The molecule has 150 valence electrons. The molecule has 8 heteroatoms. The Morgan fingerprint density at radius 3 is 2.60 bits per heavy atom. The van der Waals surface area contributed by atoms with Gasteiger partial charge in [-0.05, 0) is 17.7 Å². The summed E-state index contributed by atoms with van der Waals surface area (Å²) in [7, 11) is 0. The molecule has 0 aliphatic rings. The average molecular weight is 401 g/mol. The largest absolute Gasteiger partial charge is 0.394 e. The van der Waals surface area contributed by atoms with Crippen molar-refractivity contribution in [2.75, 3.05) is 11.9 Å². The highest BCUT2D eigenvalue weighted by Crippen LogP contribution is 2.19. The van der Waals surface area contributed by atoms with Crippen LogP contribution in [0.5, 0.6) is 0 Å². The second-order valence-corrected chi connectivity index (χ2v) is 6.65. The van der Waals surface area contributed by atoms with Crippen molar-refractivity contribution in [1.82, 2.24) is 20.5 Å². The van der Waals surface area contributed by atoms with Gasteiger partial charge in [0.25, 0.3) is 11.8 Å². The van der Waals surface area contributed by atoms with Crippen molar-refractivity contribution in [3.05, 3.63) is 78.5 Å². The number of aromatic amines is 1. The number of fused-ring (bicyclic) bond motifs is 1. The number of anilines is 1. The second-order valence-electron chi connectivity index (χ2n) is 6.65. The third-order valence-corrected chi connectivity index (χ3v) is 4.57. The molecule has 2 heterocycles. The quantitative estimate of drug-likeness (QED) is 0.395. The van der Waals surface area contributed by atoms with E-state index < -0.39 is 24.5 Å². The highest BCUT2D eigenvalue weighted by Gasteiger charge is 2.22. The molecule has 2 amide bonds. The van der Waals surface area contributed by atoms with Crippen LogP contribution in [-0.4, -0.2) is 44.8 Å². The van der Waals surface area contributed by atoms with Crippen molar-refractivity contribution in [3.63, 3.8) is 0 Å². The zero-order chi connectivity index (χ0) is 20.9. The van der Waals surface area contributed by atoms with Gasteiger partial charge in [0.2, 0.25) is 0 Å². The standard InChI is InChI=1S/C22H19N5O3/c28-13-19(24-21(29)16-10-15-8-4-5-9-17(15)23-12-16)22(30)25-20-11-18(26-27-20)14-6-2-1-3-7-14/h1-12,19,28H,13H2,(H,24,29)(H2,25,26,27,30). The second kappa shape index (κ2) is 8.54. The van der Waals surface area contributed by atoms with Crippen LogP contribution in [0.15, 0.2) is 72.9 Å². The molecule has 4 aromatic rings. The summed E-state index contributed by atoms with van der Waals surface area (Å²) in [6.45, 7) is -0.561. The van der Waals surface area contributed by atoms with E-state index in [4.69, 9.17) is 0 Å². The van der Waals surface area contributed by atoms with Gasteiger partial charge in [-0.2, -0.15) is 5.10 Å². The Hall–Kier alpha value is -4.04. The molecular weight excluding hydrogens is 382 g/mol. The minimum absolute atomic E-state index is 0.291. The number of para-hydroxylation sites is 1. The van der Waals surface area contributed by atoms with Crippen molar-refractivity contribution in [2.45, 2.75) is 6.04 Å². The Morgan fingerprint density at radius 1 is 1.03 bits per heavy atom. The summed E-state index contributed by atoms with van der Waals surface area (Å²) in [5, 5.41) is 22.4. The molecule has 1 atom stereocenters. The Bertz CT molecular complexity index is 1190. The first-order valence-electron chi connectivity index (χ1n) is 9.32. The number of rotatable bonds is 6. The molecule has 4 N–H and O–H groups in total. The fourth-order valence-corrected chi connectivity index (χ4v) is 3.00. The number of nitrogens with one attached hydrogen (secondary N) is 3. The van der Waals surface area contributed by atoms with Crippen molar-refractivity contribution in [3.8, 4) is 11.3 Å². The predicted molar refractivity (Wildman–Crippen MR) is 113 cm³/mol. The zero-order valence-corrected chi connectivity index (χ0v) is 15.9. The molecule has 8 nitrogen and oxygen atoms in total. The first kappa shape index (κ1) is 19.3. The van der Waals surface area contributed by atoms with Gasteiger partial charge in [0, 0.05) is 17.6 Å². The summed E-state index contributed by atoms with van der Waals surface area (Å²) in [4.78, 5) is 29.3. The molecule has 0 aliphatic carbocycles. The zero-order valence-electron chi connectivity index (χ0n) is 15.9. The average Bonchev–Trinajstić information content (AvgIpc) is 3.26. The topological polar surface area (TPSA) is 120 Å². The number of hydrogen-bond acceptors (Lipinski definition) is 5. The van der Waals surface area contributed by atoms with Crippen LogP contribution in [0.4, 0.5) is 5.82 Å². The maximum absolute atomic E-state index is 12.5. The third kappa shape index (κ3) is 4.18. The van der Waals surface area contributed by atoms with Crippen LogP contribution in [0, 0.1) is 0 Å². The predicted octanol–water partition coefficient (Wildman–Crippen LogP) is 2.35. The number of H-pyrrole nitrogens is 1. The van der Waals surface area contributed by atoms with Crippen LogP contribution in [0.2, 0.25) is 0 Å². The number of carbonyl (C=O) groups excluding carboxylic acids is 2. The molecule has 0 bridgehead atoms. The van der Waals surface area contributed by atoms with Crippen molar-refractivity contribution < 1.29 is 14.7 Å². The summed E-state index contributed by atoms with van der Waals surface area (Å²) >= 11 is 0. The normalized spacial score (nSPS) is 11.8. The minimum atomic E-state index is -1.14.